The van der Waals surface area contributed by atoms with Crippen molar-refractivity contribution in [2.24, 2.45) is 5.73 Å². The monoisotopic (exact) mass is 248 g/mol. The molecule has 0 aromatic carbocycles. The van der Waals surface area contributed by atoms with Gasteiger partial charge in [0.1, 0.15) is 6.54 Å². The van der Waals surface area contributed by atoms with E-state index in [2.05, 4.69) is 0 Å². The van der Waals surface area contributed by atoms with Crippen molar-refractivity contribution < 1.29 is 18.0 Å². The van der Waals surface area contributed by atoms with Crippen LogP contribution in [0.5, 0.6) is 0 Å². The molecule has 0 saturated carbocycles. The van der Waals surface area contributed by atoms with Gasteiger partial charge in [0.15, 0.2) is 0 Å². The molecule has 0 heterocycles. The van der Waals surface area contributed by atoms with Crippen LogP contribution in [0.4, 0.5) is 13.2 Å². The van der Waals surface area contributed by atoms with Crippen LogP contribution in [0, 0.1) is 0 Å². The fourth-order valence-electron chi connectivity index (χ4n) is 1.06. The Hall–Kier alpha value is -0.490. The van der Waals surface area contributed by atoms with Crippen LogP contribution in [-0.4, -0.2) is 36.6 Å². The van der Waals surface area contributed by atoms with E-state index < -0.39 is 24.7 Å². The van der Waals surface area contributed by atoms with E-state index in [4.69, 9.17) is 5.73 Å². The Bertz CT molecular complexity index is 199. The van der Waals surface area contributed by atoms with Crippen molar-refractivity contribution in [2.45, 2.75) is 32.0 Å². The maximum atomic E-state index is 11.9. The minimum Gasteiger partial charge on any atom is -0.335 e. The van der Waals surface area contributed by atoms with E-state index in [0.717, 1.165) is 7.05 Å². The van der Waals surface area contributed by atoms with E-state index in [-0.39, 0.29) is 12.4 Å². The highest BCUT2D eigenvalue weighted by atomic mass is 35.5. The van der Waals surface area contributed by atoms with Crippen molar-refractivity contribution in [3.05, 3.63) is 0 Å². The molecule has 0 aromatic heterocycles. The Morgan fingerprint density at radius 2 is 1.93 bits per heavy atom. The number of carbonyl (C=O) groups excluding carboxylic acids is 1. The van der Waals surface area contributed by atoms with Crippen LogP contribution in [0.25, 0.3) is 0 Å². The molecular weight excluding hydrogens is 233 g/mol. The first-order valence-corrected chi connectivity index (χ1v) is 4.35. The zero-order valence-corrected chi connectivity index (χ0v) is 9.49. The van der Waals surface area contributed by atoms with E-state index in [1.165, 1.54) is 0 Å². The molecule has 1 unspecified atom stereocenters. The molecule has 1 atom stereocenters. The third-order valence-electron chi connectivity index (χ3n) is 1.71. The number of hydrogen-bond acceptors (Lipinski definition) is 2. The molecule has 0 aliphatic carbocycles. The molecule has 1 amide bonds. The minimum atomic E-state index is -4.36. The summed E-state index contributed by atoms with van der Waals surface area (Å²) >= 11 is 0. The second-order valence-electron chi connectivity index (χ2n) is 3.20. The molecule has 15 heavy (non-hydrogen) atoms. The summed E-state index contributed by atoms with van der Waals surface area (Å²) in [5, 5.41) is 0. The largest absolute Gasteiger partial charge is 0.406 e. The summed E-state index contributed by atoms with van der Waals surface area (Å²) in [6.45, 7) is 0.570. The van der Waals surface area contributed by atoms with Gasteiger partial charge in [0.2, 0.25) is 5.91 Å². The number of halogens is 4. The highest BCUT2D eigenvalue weighted by Gasteiger charge is 2.32. The fraction of sp³-hybridized carbons (Fsp3) is 0.875. The number of nitrogens with zero attached hydrogens (tertiary/aromatic N) is 1. The molecule has 0 rings (SSSR count). The number of nitrogens with two attached hydrogens (primary N) is 1. The standard InChI is InChI=1S/C8H15F3N2O.ClH/c1-3-4-6(12)7(14)13(2)5-8(9,10)11;/h6H,3-5,12H2,1-2H3;1H. The van der Waals surface area contributed by atoms with Crippen molar-refractivity contribution in [2.75, 3.05) is 13.6 Å². The lowest BCUT2D eigenvalue weighted by molar-refractivity contribution is -0.159. The van der Waals surface area contributed by atoms with Crippen LogP contribution in [-0.2, 0) is 4.79 Å². The van der Waals surface area contributed by atoms with Crippen molar-refractivity contribution in [3.8, 4) is 0 Å². The Morgan fingerprint density at radius 3 is 2.27 bits per heavy atom. The first kappa shape index (κ1) is 16.9. The van der Waals surface area contributed by atoms with Gasteiger partial charge in [-0.2, -0.15) is 13.2 Å². The summed E-state index contributed by atoms with van der Waals surface area (Å²) in [4.78, 5) is 11.8. The van der Waals surface area contributed by atoms with Gasteiger partial charge in [-0.25, -0.2) is 0 Å². The second kappa shape index (κ2) is 6.90. The molecule has 0 aliphatic rings. The summed E-state index contributed by atoms with van der Waals surface area (Å²) in [6, 6.07) is -0.827. The fourth-order valence-corrected chi connectivity index (χ4v) is 1.06. The van der Waals surface area contributed by atoms with Gasteiger partial charge in [-0.3, -0.25) is 4.79 Å². The van der Waals surface area contributed by atoms with Crippen molar-refractivity contribution in [3.63, 3.8) is 0 Å². The lowest BCUT2D eigenvalue weighted by Crippen LogP contribution is -2.45. The topological polar surface area (TPSA) is 46.3 Å². The molecule has 2 N–H and O–H groups in total. The zero-order valence-electron chi connectivity index (χ0n) is 8.67. The lowest BCUT2D eigenvalue weighted by Gasteiger charge is -2.22. The summed E-state index contributed by atoms with van der Waals surface area (Å²) in [5.74, 6) is -0.663. The van der Waals surface area contributed by atoms with Crippen LogP contribution in [0.1, 0.15) is 19.8 Å². The third-order valence-corrected chi connectivity index (χ3v) is 1.71. The molecule has 0 aromatic rings. The first-order valence-electron chi connectivity index (χ1n) is 4.35. The lowest BCUT2D eigenvalue weighted by atomic mass is 10.1. The summed E-state index contributed by atoms with van der Waals surface area (Å²) in [5.41, 5.74) is 5.39. The number of rotatable bonds is 4. The Labute approximate surface area is 93.2 Å². The normalized spacial score (nSPS) is 12.9. The highest BCUT2D eigenvalue weighted by molar-refractivity contribution is 5.85. The van der Waals surface area contributed by atoms with Gasteiger partial charge >= 0.3 is 6.18 Å². The molecule has 0 aliphatic heterocycles. The second-order valence-corrected chi connectivity index (χ2v) is 3.20. The van der Waals surface area contributed by atoms with Gasteiger partial charge in [0.25, 0.3) is 0 Å². The minimum absolute atomic E-state index is 0. The van der Waals surface area contributed by atoms with Crippen LogP contribution in [0.3, 0.4) is 0 Å². The predicted octanol–water partition coefficient (Wildman–Crippen LogP) is 1.56. The predicted molar refractivity (Wildman–Crippen MR) is 53.8 cm³/mol. The summed E-state index contributed by atoms with van der Waals surface area (Å²) < 4.78 is 35.6. The third kappa shape index (κ3) is 7.44. The molecule has 0 saturated heterocycles. The Morgan fingerprint density at radius 1 is 1.47 bits per heavy atom. The van der Waals surface area contributed by atoms with E-state index in [0.29, 0.717) is 17.7 Å². The van der Waals surface area contributed by atoms with Crippen molar-refractivity contribution in [1.82, 2.24) is 4.90 Å². The number of carbonyl (C=O) groups is 1. The SMILES string of the molecule is CCCC(N)C(=O)N(C)CC(F)(F)F.Cl. The Kier molecular flexibility index (Phi) is 7.78. The van der Waals surface area contributed by atoms with E-state index in [1.807, 2.05) is 6.92 Å². The molecule has 0 bridgehead atoms. The number of alkyl halides is 3. The van der Waals surface area contributed by atoms with E-state index in [9.17, 15) is 18.0 Å². The summed E-state index contributed by atoms with van der Waals surface area (Å²) in [7, 11) is 1.10. The maximum Gasteiger partial charge on any atom is 0.406 e. The molecule has 0 radical (unpaired) electrons. The highest BCUT2D eigenvalue weighted by Crippen LogP contribution is 2.16. The first-order chi connectivity index (χ1) is 6.28. The van der Waals surface area contributed by atoms with Gasteiger partial charge in [0.05, 0.1) is 6.04 Å². The average Bonchev–Trinajstić information content (AvgIpc) is 2.00. The quantitative estimate of drug-likeness (QED) is 0.821. The van der Waals surface area contributed by atoms with Crippen molar-refractivity contribution >= 4 is 18.3 Å². The van der Waals surface area contributed by atoms with Gasteiger partial charge in [0, 0.05) is 7.05 Å². The average molecular weight is 249 g/mol. The van der Waals surface area contributed by atoms with E-state index >= 15 is 0 Å². The molecular formula is C8H16ClF3N2O. The van der Waals surface area contributed by atoms with Gasteiger partial charge < -0.3 is 10.6 Å². The molecule has 0 spiro atoms. The molecule has 0 fully saturated rings. The Balaban J connectivity index is 0. The maximum absolute atomic E-state index is 11.9. The smallest absolute Gasteiger partial charge is 0.335 e. The van der Waals surface area contributed by atoms with Crippen LogP contribution < -0.4 is 5.73 Å². The number of likely N-dealkylation sites (N-methyl/N-ethyl adjacent to an activating group) is 1. The van der Waals surface area contributed by atoms with Crippen LogP contribution >= 0.6 is 12.4 Å². The number of hydrogen-bond donors (Lipinski definition) is 1. The van der Waals surface area contributed by atoms with Crippen LogP contribution in [0.2, 0.25) is 0 Å². The molecule has 7 heteroatoms. The van der Waals surface area contributed by atoms with Gasteiger partial charge in [-0.1, -0.05) is 13.3 Å². The van der Waals surface area contributed by atoms with Crippen molar-refractivity contribution in [1.29, 1.82) is 0 Å². The molecule has 92 valence electrons. The summed E-state index contributed by atoms with van der Waals surface area (Å²) in [6.07, 6.45) is -3.29. The molecule has 3 nitrogen and oxygen atoms in total. The van der Waals surface area contributed by atoms with Gasteiger partial charge in [-0.05, 0) is 6.42 Å². The van der Waals surface area contributed by atoms with E-state index in [1.54, 1.807) is 0 Å². The zero-order chi connectivity index (χ0) is 11.4. The van der Waals surface area contributed by atoms with Gasteiger partial charge in [-0.15, -0.1) is 12.4 Å². The van der Waals surface area contributed by atoms with Crippen LogP contribution in [0.15, 0.2) is 0 Å². The number of amides is 1.